The number of carbonyl (C=O) groups is 1. The third kappa shape index (κ3) is 3.38. The Labute approximate surface area is 109 Å². The predicted octanol–water partition coefficient (Wildman–Crippen LogP) is 0.750. The molecule has 1 amide bonds. The maximum atomic E-state index is 11.7. The van der Waals surface area contributed by atoms with Crippen LogP contribution in [0.15, 0.2) is 12.3 Å². The molecule has 8 heteroatoms. The highest BCUT2D eigenvalue weighted by Crippen LogP contribution is 2.23. The molecule has 1 heterocycles. The lowest BCUT2D eigenvalue weighted by atomic mass is 10.2. The van der Waals surface area contributed by atoms with Crippen LogP contribution in [0.2, 0.25) is 0 Å². The number of hydrogen-bond acceptors (Lipinski definition) is 6. The van der Waals surface area contributed by atoms with Crippen LogP contribution in [0.25, 0.3) is 0 Å². The first-order chi connectivity index (χ1) is 8.86. The number of amides is 1. The van der Waals surface area contributed by atoms with Crippen molar-refractivity contribution in [3.63, 3.8) is 0 Å². The molecule has 1 N–H and O–H groups in total. The molecule has 0 aliphatic carbocycles. The number of nitro groups is 1. The number of nitrogens with zero attached hydrogens (tertiary/aromatic N) is 4. The number of aromatic nitrogens is 1. The average Bonchev–Trinajstić information content (AvgIpc) is 2.37. The largest absolute Gasteiger partial charge is 0.353 e. The molecule has 1 atom stereocenters. The van der Waals surface area contributed by atoms with Gasteiger partial charge in [-0.15, -0.1) is 0 Å². The minimum Gasteiger partial charge on any atom is -0.353 e. The van der Waals surface area contributed by atoms with Crippen molar-refractivity contribution >= 4 is 17.4 Å². The van der Waals surface area contributed by atoms with E-state index in [9.17, 15) is 14.9 Å². The van der Waals surface area contributed by atoms with E-state index in [-0.39, 0.29) is 23.0 Å². The lowest BCUT2D eigenvalue weighted by Crippen LogP contribution is -2.37. The molecule has 0 radical (unpaired) electrons. The van der Waals surface area contributed by atoms with Gasteiger partial charge in [0, 0.05) is 26.4 Å². The summed E-state index contributed by atoms with van der Waals surface area (Å²) in [5.74, 6) is -0.271. The Kier molecular flexibility index (Phi) is 4.36. The van der Waals surface area contributed by atoms with E-state index in [1.54, 1.807) is 27.1 Å². The van der Waals surface area contributed by atoms with Crippen molar-refractivity contribution in [2.24, 2.45) is 0 Å². The van der Waals surface area contributed by atoms with Crippen molar-refractivity contribution in [3.8, 4) is 6.07 Å². The molecule has 8 nitrogen and oxygen atoms in total. The first-order valence-corrected chi connectivity index (χ1v) is 5.39. The normalized spacial score (nSPS) is 11.3. The van der Waals surface area contributed by atoms with Crippen LogP contribution < -0.4 is 5.32 Å². The van der Waals surface area contributed by atoms with Crippen LogP contribution in [0.5, 0.6) is 0 Å². The molecule has 0 aromatic carbocycles. The number of pyridine rings is 1. The Morgan fingerprint density at radius 3 is 2.74 bits per heavy atom. The SMILES string of the molecule is CC(Nc1ncc(C#N)cc1[N+](=O)[O-])C(=O)N(C)C. The van der Waals surface area contributed by atoms with Crippen LogP contribution in [0.1, 0.15) is 12.5 Å². The van der Waals surface area contributed by atoms with E-state index in [0.717, 1.165) is 6.07 Å². The van der Waals surface area contributed by atoms with Gasteiger partial charge in [0.15, 0.2) is 0 Å². The monoisotopic (exact) mass is 263 g/mol. The summed E-state index contributed by atoms with van der Waals surface area (Å²) in [6.45, 7) is 1.58. The highest BCUT2D eigenvalue weighted by molar-refractivity contribution is 5.84. The van der Waals surface area contributed by atoms with E-state index in [1.165, 1.54) is 11.1 Å². The van der Waals surface area contributed by atoms with Crippen LogP contribution >= 0.6 is 0 Å². The third-order valence-electron chi connectivity index (χ3n) is 2.36. The quantitative estimate of drug-likeness (QED) is 0.633. The van der Waals surface area contributed by atoms with Gasteiger partial charge in [0.05, 0.1) is 10.5 Å². The Morgan fingerprint density at radius 1 is 1.63 bits per heavy atom. The topological polar surface area (TPSA) is 112 Å². The zero-order valence-electron chi connectivity index (χ0n) is 10.7. The van der Waals surface area contributed by atoms with Crippen LogP contribution in [0.3, 0.4) is 0 Å². The number of nitrogens with one attached hydrogen (secondary N) is 1. The van der Waals surface area contributed by atoms with Crippen LogP contribution in [0.4, 0.5) is 11.5 Å². The molecule has 1 unspecified atom stereocenters. The minimum atomic E-state index is -0.658. The molecular formula is C11H13N5O3. The molecular weight excluding hydrogens is 250 g/mol. The molecule has 1 aromatic rings. The number of nitriles is 1. The number of rotatable bonds is 4. The van der Waals surface area contributed by atoms with Crippen molar-refractivity contribution in [3.05, 3.63) is 27.9 Å². The fourth-order valence-electron chi connectivity index (χ4n) is 1.42. The van der Waals surface area contributed by atoms with Crippen molar-refractivity contribution in [1.29, 1.82) is 5.26 Å². The second kappa shape index (κ2) is 5.77. The van der Waals surface area contributed by atoms with Gasteiger partial charge < -0.3 is 10.2 Å². The number of hydrogen-bond donors (Lipinski definition) is 1. The number of likely N-dealkylation sites (N-methyl/N-ethyl adjacent to an activating group) is 1. The first kappa shape index (κ1) is 14.4. The van der Waals surface area contributed by atoms with Gasteiger partial charge in [-0.05, 0) is 6.92 Å². The molecule has 0 aliphatic rings. The van der Waals surface area contributed by atoms with E-state index in [0.29, 0.717) is 0 Å². The van der Waals surface area contributed by atoms with Gasteiger partial charge in [0.2, 0.25) is 11.7 Å². The van der Waals surface area contributed by atoms with Crippen molar-refractivity contribution < 1.29 is 9.72 Å². The van der Waals surface area contributed by atoms with Gasteiger partial charge in [-0.25, -0.2) is 4.98 Å². The maximum absolute atomic E-state index is 11.7. The third-order valence-corrected chi connectivity index (χ3v) is 2.36. The maximum Gasteiger partial charge on any atom is 0.312 e. The van der Waals surface area contributed by atoms with E-state index in [2.05, 4.69) is 10.3 Å². The average molecular weight is 263 g/mol. The summed E-state index contributed by atoms with van der Waals surface area (Å²) < 4.78 is 0. The molecule has 19 heavy (non-hydrogen) atoms. The van der Waals surface area contributed by atoms with E-state index in [4.69, 9.17) is 5.26 Å². The highest BCUT2D eigenvalue weighted by atomic mass is 16.6. The molecule has 100 valence electrons. The highest BCUT2D eigenvalue weighted by Gasteiger charge is 2.21. The Balaban J connectivity index is 3.05. The van der Waals surface area contributed by atoms with Crippen LogP contribution in [-0.2, 0) is 4.79 Å². The Hall–Kier alpha value is -2.69. The van der Waals surface area contributed by atoms with Crippen molar-refractivity contribution in [2.75, 3.05) is 19.4 Å². The standard InChI is InChI=1S/C11H13N5O3/c1-7(11(17)15(2)3)14-10-9(16(18)19)4-8(5-12)6-13-10/h4,6-7H,1-3H3,(H,13,14). The molecule has 0 saturated carbocycles. The minimum absolute atomic E-state index is 0.0355. The molecule has 0 spiro atoms. The molecule has 0 bridgehead atoms. The smallest absolute Gasteiger partial charge is 0.312 e. The van der Waals surface area contributed by atoms with Gasteiger partial charge in [-0.2, -0.15) is 5.26 Å². The van der Waals surface area contributed by atoms with E-state index < -0.39 is 11.0 Å². The van der Waals surface area contributed by atoms with Crippen LogP contribution in [0, 0.1) is 21.4 Å². The van der Waals surface area contributed by atoms with Gasteiger partial charge in [-0.3, -0.25) is 14.9 Å². The molecule has 1 rings (SSSR count). The summed E-state index contributed by atoms with van der Waals surface area (Å²) in [4.78, 5) is 27.1. The zero-order chi connectivity index (χ0) is 14.6. The lowest BCUT2D eigenvalue weighted by Gasteiger charge is -2.18. The summed E-state index contributed by atoms with van der Waals surface area (Å²) in [5, 5.41) is 22.3. The van der Waals surface area contributed by atoms with Gasteiger partial charge in [0.1, 0.15) is 12.1 Å². The van der Waals surface area contributed by atoms with Crippen molar-refractivity contribution in [2.45, 2.75) is 13.0 Å². The lowest BCUT2D eigenvalue weighted by molar-refractivity contribution is -0.384. The second-order valence-corrected chi connectivity index (χ2v) is 4.06. The number of carbonyl (C=O) groups excluding carboxylic acids is 1. The Bertz CT molecular complexity index is 550. The zero-order valence-corrected chi connectivity index (χ0v) is 10.7. The first-order valence-electron chi connectivity index (χ1n) is 5.39. The van der Waals surface area contributed by atoms with Gasteiger partial charge in [-0.1, -0.05) is 0 Å². The van der Waals surface area contributed by atoms with Gasteiger partial charge in [0.25, 0.3) is 0 Å². The van der Waals surface area contributed by atoms with Gasteiger partial charge >= 0.3 is 5.69 Å². The van der Waals surface area contributed by atoms with E-state index >= 15 is 0 Å². The summed E-state index contributed by atoms with van der Waals surface area (Å²) in [7, 11) is 3.17. The molecule has 1 aromatic heterocycles. The summed E-state index contributed by atoms with van der Waals surface area (Å²) >= 11 is 0. The van der Waals surface area contributed by atoms with E-state index in [1.807, 2.05) is 0 Å². The second-order valence-electron chi connectivity index (χ2n) is 4.06. The van der Waals surface area contributed by atoms with Crippen LogP contribution in [-0.4, -0.2) is 40.9 Å². The summed E-state index contributed by atoms with van der Waals surface area (Å²) in [6, 6.07) is 2.23. The fourth-order valence-corrected chi connectivity index (χ4v) is 1.42. The molecule has 0 fully saturated rings. The Morgan fingerprint density at radius 2 is 2.26 bits per heavy atom. The van der Waals surface area contributed by atoms with Crippen molar-refractivity contribution in [1.82, 2.24) is 9.88 Å². The molecule has 0 saturated heterocycles. The fraction of sp³-hybridized carbons (Fsp3) is 0.364. The summed E-state index contributed by atoms with van der Waals surface area (Å²) in [5.41, 5.74) is -0.249. The predicted molar refractivity (Wildman–Crippen MR) is 67.4 cm³/mol. The molecule has 0 aliphatic heterocycles. The summed E-state index contributed by atoms with van der Waals surface area (Å²) in [6.07, 6.45) is 1.21. The number of anilines is 1.